The van der Waals surface area contributed by atoms with E-state index in [1.165, 1.54) is 0 Å². The van der Waals surface area contributed by atoms with E-state index in [2.05, 4.69) is 13.0 Å². The second-order valence-electron chi connectivity index (χ2n) is 4.92. The smallest absolute Gasteiger partial charge is 0.126 e. The fraction of sp³-hybridized carbons (Fsp3) is 0.211. The summed E-state index contributed by atoms with van der Waals surface area (Å²) in [6, 6.07) is 17.3. The third kappa shape index (κ3) is 4.38. The molecule has 0 radical (unpaired) electrons. The molecule has 0 aliphatic rings. The zero-order valence-corrected chi connectivity index (χ0v) is 13.3. The molecule has 2 nitrogen and oxygen atoms in total. The van der Waals surface area contributed by atoms with Crippen LogP contribution < -0.4 is 4.74 Å². The maximum atomic E-state index is 9.42. The normalized spacial score (nSPS) is 11.0. The highest BCUT2D eigenvalue weighted by molar-refractivity contribution is 6.30. The van der Waals surface area contributed by atoms with Crippen molar-refractivity contribution < 1.29 is 4.74 Å². The topological polar surface area (TPSA) is 33.0 Å². The van der Waals surface area contributed by atoms with Gasteiger partial charge >= 0.3 is 0 Å². The molecule has 2 aromatic rings. The molecule has 0 aliphatic heterocycles. The van der Waals surface area contributed by atoms with Crippen LogP contribution in [-0.2, 0) is 0 Å². The molecule has 2 aromatic carbocycles. The summed E-state index contributed by atoms with van der Waals surface area (Å²) < 4.78 is 5.80. The first-order chi connectivity index (χ1) is 10.7. The summed E-state index contributed by atoms with van der Waals surface area (Å²) in [5.41, 5.74) is 2.29. The number of allylic oxidation sites excluding steroid dienone is 1. The number of hydrogen-bond donors (Lipinski definition) is 0. The number of nitriles is 1. The maximum absolute atomic E-state index is 9.42. The van der Waals surface area contributed by atoms with Crippen LogP contribution in [0.3, 0.4) is 0 Å². The van der Waals surface area contributed by atoms with E-state index in [-0.39, 0.29) is 0 Å². The summed E-state index contributed by atoms with van der Waals surface area (Å²) in [5, 5.41) is 10.0. The number of unbranched alkanes of at least 4 members (excludes halogenated alkanes) is 1. The van der Waals surface area contributed by atoms with E-state index >= 15 is 0 Å². The Morgan fingerprint density at radius 3 is 2.68 bits per heavy atom. The Balaban J connectivity index is 2.35. The molecule has 2 rings (SSSR count). The van der Waals surface area contributed by atoms with E-state index in [0.29, 0.717) is 17.2 Å². The Labute approximate surface area is 136 Å². The summed E-state index contributed by atoms with van der Waals surface area (Å²) in [6.45, 7) is 2.78. The summed E-state index contributed by atoms with van der Waals surface area (Å²) in [6.07, 6.45) is 3.89. The first kappa shape index (κ1) is 16.1. The molecule has 0 bridgehead atoms. The van der Waals surface area contributed by atoms with Gasteiger partial charge in [-0.05, 0) is 36.3 Å². The van der Waals surface area contributed by atoms with Gasteiger partial charge < -0.3 is 4.74 Å². The highest BCUT2D eigenvalue weighted by Crippen LogP contribution is 2.27. The SMILES string of the molecule is CCCCOc1ccc(Cl)cc1/C=C(/C#N)c1ccccc1. The molecule has 3 heteroatoms. The zero-order chi connectivity index (χ0) is 15.8. The summed E-state index contributed by atoms with van der Waals surface area (Å²) in [5.74, 6) is 0.751. The van der Waals surface area contributed by atoms with Gasteiger partial charge in [-0.3, -0.25) is 0 Å². The second-order valence-corrected chi connectivity index (χ2v) is 5.36. The lowest BCUT2D eigenvalue weighted by molar-refractivity contribution is 0.309. The molecule has 0 heterocycles. The van der Waals surface area contributed by atoms with Crippen molar-refractivity contribution in [2.45, 2.75) is 19.8 Å². The quantitative estimate of drug-likeness (QED) is 0.396. The Hall–Kier alpha value is -2.24. The molecule has 0 N–H and O–H groups in total. The van der Waals surface area contributed by atoms with Crippen molar-refractivity contribution in [2.24, 2.45) is 0 Å². The van der Waals surface area contributed by atoms with Gasteiger partial charge in [0.15, 0.2) is 0 Å². The lowest BCUT2D eigenvalue weighted by Crippen LogP contribution is -1.98. The third-order valence-corrected chi connectivity index (χ3v) is 3.47. The van der Waals surface area contributed by atoms with Crippen LogP contribution in [0, 0.1) is 11.3 Å². The Morgan fingerprint density at radius 2 is 2.00 bits per heavy atom. The number of halogens is 1. The maximum Gasteiger partial charge on any atom is 0.126 e. The van der Waals surface area contributed by atoms with Crippen molar-refractivity contribution in [3.63, 3.8) is 0 Å². The predicted octanol–water partition coefficient (Wildman–Crippen LogP) is 5.58. The van der Waals surface area contributed by atoms with Crippen LogP contribution in [-0.4, -0.2) is 6.61 Å². The minimum atomic E-state index is 0.586. The molecule has 0 amide bonds. The van der Waals surface area contributed by atoms with Gasteiger partial charge in [0, 0.05) is 10.6 Å². The van der Waals surface area contributed by atoms with Gasteiger partial charge in [0.25, 0.3) is 0 Å². The van der Waals surface area contributed by atoms with E-state index < -0.39 is 0 Å². The van der Waals surface area contributed by atoms with Crippen LogP contribution in [0.4, 0.5) is 0 Å². The predicted molar refractivity (Wildman–Crippen MR) is 91.8 cm³/mol. The number of nitrogens with zero attached hydrogens (tertiary/aromatic N) is 1. The highest BCUT2D eigenvalue weighted by Gasteiger charge is 2.06. The van der Waals surface area contributed by atoms with Crippen molar-refractivity contribution >= 4 is 23.3 Å². The molecule has 22 heavy (non-hydrogen) atoms. The van der Waals surface area contributed by atoms with E-state index in [0.717, 1.165) is 29.7 Å². The molecular formula is C19H18ClNO. The van der Waals surface area contributed by atoms with Gasteiger partial charge in [0.2, 0.25) is 0 Å². The molecule has 0 aliphatic carbocycles. The fourth-order valence-electron chi connectivity index (χ4n) is 2.04. The van der Waals surface area contributed by atoms with Crippen LogP contribution >= 0.6 is 11.6 Å². The van der Waals surface area contributed by atoms with Gasteiger partial charge in [0.05, 0.1) is 18.2 Å². The number of hydrogen-bond acceptors (Lipinski definition) is 2. The van der Waals surface area contributed by atoms with Crippen LogP contribution in [0.15, 0.2) is 48.5 Å². The largest absolute Gasteiger partial charge is 0.493 e. The van der Waals surface area contributed by atoms with Gasteiger partial charge in [-0.15, -0.1) is 0 Å². The minimum Gasteiger partial charge on any atom is -0.493 e. The van der Waals surface area contributed by atoms with Crippen LogP contribution in [0.1, 0.15) is 30.9 Å². The van der Waals surface area contributed by atoms with Gasteiger partial charge in [-0.2, -0.15) is 5.26 Å². The summed E-state index contributed by atoms with van der Waals surface area (Å²) >= 11 is 6.08. The Morgan fingerprint density at radius 1 is 1.23 bits per heavy atom. The molecule has 0 spiro atoms. The van der Waals surface area contributed by atoms with Crippen molar-refractivity contribution in [3.05, 3.63) is 64.7 Å². The highest BCUT2D eigenvalue weighted by atomic mass is 35.5. The van der Waals surface area contributed by atoms with Gasteiger partial charge in [0.1, 0.15) is 5.75 Å². The van der Waals surface area contributed by atoms with Crippen molar-refractivity contribution in [3.8, 4) is 11.8 Å². The van der Waals surface area contributed by atoms with Crippen molar-refractivity contribution in [1.29, 1.82) is 5.26 Å². The zero-order valence-electron chi connectivity index (χ0n) is 12.6. The lowest BCUT2D eigenvalue weighted by atomic mass is 10.0. The molecule has 112 valence electrons. The van der Waals surface area contributed by atoms with Crippen LogP contribution in [0.2, 0.25) is 5.02 Å². The molecule has 0 unspecified atom stereocenters. The summed E-state index contributed by atoms with van der Waals surface area (Å²) in [4.78, 5) is 0. The molecule has 0 atom stereocenters. The number of ether oxygens (including phenoxy) is 1. The number of benzene rings is 2. The second kappa shape index (κ2) is 8.26. The Bertz CT molecular complexity index is 686. The van der Waals surface area contributed by atoms with E-state index in [1.807, 2.05) is 48.5 Å². The molecular weight excluding hydrogens is 294 g/mol. The first-order valence-electron chi connectivity index (χ1n) is 7.34. The lowest BCUT2D eigenvalue weighted by Gasteiger charge is -2.10. The van der Waals surface area contributed by atoms with Gasteiger partial charge in [-0.1, -0.05) is 55.3 Å². The average molecular weight is 312 g/mol. The number of rotatable bonds is 6. The fourth-order valence-corrected chi connectivity index (χ4v) is 2.22. The average Bonchev–Trinajstić information content (AvgIpc) is 2.55. The molecule has 0 fully saturated rings. The van der Waals surface area contributed by atoms with Crippen molar-refractivity contribution in [1.82, 2.24) is 0 Å². The monoisotopic (exact) mass is 311 g/mol. The van der Waals surface area contributed by atoms with Crippen LogP contribution in [0.5, 0.6) is 5.75 Å². The first-order valence-corrected chi connectivity index (χ1v) is 7.72. The van der Waals surface area contributed by atoms with Gasteiger partial charge in [-0.25, -0.2) is 0 Å². The summed E-state index contributed by atoms with van der Waals surface area (Å²) in [7, 11) is 0. The minimum absolute atomic E-state index is 0.586. The third-order valence-electron chi connectivity index (χ3n) is 3.23. The molecule has 0 saturated heterocycles. The standard InChI is InChI=1S/C19H18ClNO/c1-2-3-11-22-19-10-9-18(20)13-16(19)12-17(14-21)15-7-5-4-6-8-15/h4-10,12-13H,2-3,11H2,1H3/b17-12-. The molecule has 0 saturated carbocycles. The van der Waals surface area contributed by atoms with E-state index in [9.17, 15) is 5.26 Å². The van der Waals surface area contributed by atoms with E-state index in [4.69, 9.17) is 16.3 Å². The van der Waals surface area contributed by atoms with Crippen molar-refractivity contribution in [2.75, 3.05) is 6.61 Å². The molecule has 0 aromatic heterocycles. The Kier molecular flexibility index (Phi) is 6.06. The van der Waals surface area contributed by atoms with Crippen LogP contribution in [0.25, 0.3) is 11.6 Å². The van der Waals surface area contributed by atoms with E-state index in [1.54, 1.807) is 6.07 Å².